The van der Waals surface area contributed by atoms with Crippen molar-refractivity contribution in [2.75, 3.05) is 13.1 Å². The number of hydrogen-bond donors (Lipinski definition) is 4. The second-order valence-electron chi connectivity index (χ2n) is 5.80. The number of carbonyl (C=O) groups is 3. The van der Waals surface area contributed by atoms with Crippen molar-refractivity contribution in [3.63, 3.8) is 0 Å². The highest BCUT2D eigenvalue weighted by atomic mass is 16.2. The first-order valence-corrected chi connectivity index (χ1v) is 7.87. The summed E-state index contributed by atoms with van der Waals surface area (Å²) in [7, 11) is 0. The second-order valence-corrected chi connectivity index (χ2v) is 5.80. The van der Waals surface area contributed by atoms with E-state index in [2.05, 4.69) is 16.0 Å². The van der Waals surface area contributed by atoms with Crippen LogP contribution < -0.4 is 21.7 Å². The van der Waals surface area contributed by atoms with Crippen LogP contribution in [0.1, 0.15) is 47.0 Å². The number of urea groups is 1. The fraction of sp³-hybridized carbons (Fsp3) is 0.800. The van der Waals surface area contributed by atoms with Gasteiger partial charge in [-0.25, -0.2) is 4.79 Å². The van der Waals surface area contributed by atoms with Crippen molar-refractivity contribution in [1.29, 1.82) is 0 Å². The summed E-state index contributed by atoms with van der Waals surface area (Å²) in [4.78, 5) is 34.7. The molecule has 0 saturated heterocycles. The summed E-state index contributed by atoms with van der Waals surface area (Å²) in [6, 6.07) is -0.862. The third-order valence-electron chi connectivity index (χ3n) is 3.44. The van der Waals surface area contributed by atoms with Crippen molar-refractivity contribution in [3.05, 3.63) is 0 Å². The Hall–Kier alpha value is -1.63. The lowest BCUT2D eigenvalue weighted by atomic mass is 9.98. The van der Waals surface area contributed by atoms with Gasteiger partial charge in [-0.2, -0.15) is 0 Å². The van der Waals surface area contributed by atoms with Crippen LogP contribution in [0.2, 0.25) is 0 Å². The summed E-state index contributed by atoms with van der Waals surface area (Å²) in [6.07, 6.45) is 1.98. The minimum atomic E-state index is -0.589. The van der Waals surface area contributed by atoms with E-state index in [1.807, 2.05) is 13.8 Å². The summed E-state index contributed by atoms with van der Waals surface area (Å²) in [5, 5.41) is 8.33. The molecular weight excluding hydrogens is 284 g/mol. The fourth-order valence-corrected chi connectivity index (χ4v) is 1.86. The molecule has 2 unspecified atom stereocenters. The Bertz CT molecular complexity index is 372. The van der Waals surface area contributed by atoms with E-state index in [0.29, 0.717) is 19.4 Å². The monoisotopic (exact) mass is 314 g/mol. The smallest absolute Gasteiger partial charge is 0.312 e. The van der Waals surface area contributed by atoms with Gasteiger partial charge in [0.15, 0.2) is 5.78 Å². The molecule has 0 bridgehead atoms. The Balaban J connectivity index is 4.37. The largest absolute Gasteiger partial charge is 0.352 e. The zero-order valence-corrected chi connectivity index (χ0v) is 14.1. The van der Waals surface area contributed by atoms with E-state index in [9.17, 15) is 14.4 Å². The molecule has 0 aromatic heterocycles. The van der Waals surface area contributed by atoms with E-state index in [0.717, 1.165) is 6.42 Å². The quantitative estimate of drug-likeness (QED) is 0.417. The molecule has 0 fully saturated rings. The molecule has 5 N–H and O–H groups in total. The molecule has 7 heteroatoms. The number of carbonyl (C=O) groups excluding carboxylic acids is 3. The molecule has 128 valence electrons. The molecule has 0 saturated carbocycles. The van der Waals surface area contributed by atoms with Crippen LogP contribution in [0.25, 0.3) is 0 Å². The number of Topliss-reactive ketones (excluding diaryl/α,β-unsaturated/α-hetero) is 1. The van der Waals surface area contributed by atoms with Crippen molar-refractivity contribution in [2.45, 2.75) is 59.0 Å². The van der Waals surface area contributed by atoms with Gasteiger partial charge in [0, 0.05) is 18.5 Å². The van der Waals surface area contributed by atoms with Gasteiger partial charge in [-0.05, 0) is 26.2 Å². The summed E-state index contributed by atoms with van der Waals surface area (Å²) < 4.78 is 0. The number of rotatable bonds is 11. The van der Waals surface area contributed by atoms with Crippen LogP contribution in [0.5, 0.6) is 0 Å². The zero-order valence-electron chi connectivity index (χ0n) is 14.1. The molecule has 2 atom stereocenters. The molecule has 7 nitrogen and oxygen atoms in total. The number of amides is 3. The third-order valence-corrected chi connectivity index (χ3v) is 3.44. The molecule has 3 amide bonds. The van der Waals surface area contributed by atoms with Crippen LogP contribution in [0, 0.1) is 5.92 Å². The molecule has 0 rings (SSSR count). The lowest BCUT2D eigenvalue weighted by Crippen LogP contribution is -2.47. The maximum absolute atomic E-state index is 12.2. The van der Waals surface area contributed by atoms with Crippen LogP contribution in [-0.2, 0) is 9.59 Å². The van der Waals surface area contributed by atoms with Gasteiger partial charge in [0.2, 0.25) is 5.91 Å². The van der Waals surface area contributed by atoms with Gasteiger partial charge in [-0.3, -0.25) is 9.59 Å². The SMILES string of the molecule is CCC(C)NCC(=O)NC(CCCNC(N)=O)C(=O)C(C)C. The maximum Gasteiger partial charge on any atom is 0.312 e. The van der Waals surface area contributed by atoms with Crippen LogP contribution in [0.4, 0.5) is 4.79 Å². The predicted octanol–water partition coefficient (Wildman–Crippen LogP) is 0.533. The Morgan fingerprint density at radius 3 is 2.27 bits per heavy atom. The van der Waals surface area contributed by atoms with Gasteiger partial charge in [-0.15, -0.1) is 0 Å². The van der Waals surface area contributed by atoms with Crippen LogP contribution in [0.15, 0.2) is 0 Å². The number of nitrogens with one attached hydrogen (secondary N) is 3. The Labute approximate surface area is 132 Å². The average Bonchev–Trinajstić information content (AvgIpc) is 2.46. The van der Waals surface area contributed by atoms with E-state index in [1.54, 1.807) is 13.8 Å². The minimum absolute atomic E-state index is 0.00374. The highest BCUT2D eigenvalue weighted by Gasteiger charge is 2.22. The minimum Gasteiger partial charge on any atom is -0.352 e. The maximum atomic E-state index is 12.2. The Morgan fingerprint density at radius 1 is 1.14 bits per heavy atom. The van der Waals surface area contributed by atoms with Crippen LogP contribution >= 0.6 is 0 Å². The molecule has 0 radical (unpaired) electrons. The molecule has 0 aromatic rings. The van der Waals surface area contributed by atoms with Crippen molar-refractivity contribution in [1.82, 2.24) is 16.0 Å². The fourth-order valence-electron chi connectivity index (χ4n) is 1.86. The van der Waals surface area contributed by atoms with Gasteiger partial charge in [0.25, 0.3) is 0 Å². The average molecular weight is 314 g/mol. The normalized spacial score (nSPS) is 13.5. The number of hydrogen-bond acceptors (Lipinski definition) is 4. The topological polar surface area (TPSA) is 113 Å². The van der Waals surface area contributed by atoms with E-state index in [1.165, 1.54) is 0 Å². The van der Waals surface area contributed by atoms with E-state index in [4.69, 9.17) is 5.73 Å². The van der Waals surface area contributed by atoms with Crippen molar-refractivity contribution < 1.29 is 14.4 Å². The van der Waals surface area contributed by atoms with Gasteiger partial charge < -0.3 is 21.7 Å². The standard InChI is InChI=1S/C15H30N4O3/c1-5-11(4)18-9-13(20)19-12(14(21)10(2)3)7-6-8-17-15(16)22/h10-12,18H,5-9H2,1-4H3,(H,19,20)(H3,16,17,22). The number of ketones is 1. The van der Waals surface area contributed by atoms with Gasteiger partial charge in [0.1, 0.15) is 0 Å². The zero-order chi connectivity index (χ0) is 17.1. The molecule has 0 aliphatic heterocycles. The number of nitrogens with two attached hydrogens (primary N) is 1. The van der Waals surface area contributed by atoms with Gasteiger partial charge >= 0.3 is 6.03 Å². The predicted molar refractivity (Wildman–Crippen MR) is 86.4 cm³/mol. The van der Waals surface area contributed by atoms with Crippen molar-refractivity contribution in [3.8, 4) is 0 Å². The molecule has 0 heterocycles. The third kappa shape index (κ3) is 9.33. The number of primary amides is 1. The lowest BCUT2D eigenvalue weighted by molar-refractivity contribution is -0.129. The first-order valence-electron chi connectivity index (χ1n) is 7.87. The Morgan fingerprint density at radius 2 is 1.77 bits per heavy atom. The molecule has 0 aromatic carbocycles. The van der Waals surface area contributed by atoms with E-state index >= 15 is 0 Å². The summed E-state index contributed by atoms with van der Waals surface area (Å²) >= 11 is 0. The summed E-state index contributed by atoms with van der Waals surface area (Å²) in [5.74, 6) is -0.352. The molecular formula is C15H30N4O3. The van der Waals surface area contributed by atoms with Crippen LogP contribution in [-0.4, -0.2) is 42.9 Å². The van der Waals surface area contributed by atoms with E-state index in [-0.39, 0.29) is 30.2 Å². The van der Waals surface area contributed by atoms with Crippen molar-refractivity contribution in [2.24, 2.45) is 11.7 Å². The van der Waals surface area contributed by atoms with Gasteiger partial charge in [-0.1, -0.05) is 20.8 Å². The molecule has 0 spiro atoms. The van der Waals surface area contributed by atoms with E-state index < -0.39 is 12.1 Å². The lowest BCUT2D eigenvalue weighted by Gasteiger charge is -2.20. The first-order chi connectivity index (χ1) is 10.3. The second kappa shape index (κ2) is 11.0. The van der Waals surface area contributed by atoms with Crippen molar-refractivity contribution >= 4 is 17.7 Å². The highest BCUT2D eigenvalue weighted by Crippen LogP contribution is 2.06. The Kier molecular flexibility index (Phi) is 10.2. The molecule has 0 aliphatic rings. The first kappa shape index (κ1) is 20.4. The summed E-state index contributed by atoms with van der Waals surface area (Å²) in [5.41, 5.74) is 4.98. The molecule has 0 aliphatic carbocycles. The summed E-state index contributed by atoms with van der Waals surface area (Å²) in [6.45, 7) is 8.22. The van der Waals surface area contributed by atoms with Crippen LogP contribution in [0.3, 0.4) is 0 Å². The van der Waals surface area contributed by atoms with Gasteiger partial charge in [0.05, 0.1) is 12.6 Å². The highest BCUT2D eigenvalue weighted by molar-refractivity contribution is 5.90. The molecule has 22 heavy (non-hydrogen) atoms.